The van der Waals surface area contributed by atoms with Gasteiger partial charge in [0.1, 0.15) is 0 Å². The third-order valence-electron chi connectivity index (χ3n) is 2.59. The Morgan fingerprint density at radius 1 is 1.40 bits per heavy atom. The van der Waals surface area contributed by atoms with Gasteiger partial charge >= 0.3 is 6.18 Å². The molecule has 6 heteroatoms. The van der Waals surface area contributed by atoms with Crippen molar-refractivity contribution in [2.24, 2.45) is 11.7 Å². The summed E-state index contributed by atoms with van der Waals surface area (Å²) in [5.74, 6) is 0.0206. The molecule has 1 fully saturated rings. The molecule has 0 aromatic carbocycles. The molecule has 90 valence electrons. The second-order valence-corrected chi connectivity index (χ2v) is 3.90. The summed E-state index contributed by atoms with van der Waals surface area (Å²) >= 11 is 0. The van der Waals surface area contributed by atoms with E-state index in [2.05, 4.69) is 0 Å². The highest BCUT2D eigenvalue weighted by molar-refractivity contribution is 4.81. The van der Waals surface area contributed by atoms with Crippen molar-refractivity contribution in [3.05, 3.63) is 0 Å². The summed E-state index contributed by atoms with van der Waals surface area (Å²) < 4.78 is 41.6. The largest absolute Gasteiger partial charge is 0.401 e. The molecule has 2 atom stereocenters. The van der Waals surface area contributed by atoms with E-state index in [-0.39, 0.29) is 12.0 Å². The summed E-state index contributed by atoms with van der Waals surface area (Å²) in [5, 5.41) is 0. The van der Waals surface area contributed by atoms with Crippen molar-refractivity contribution >= 4 is 0 Å². The van der Waals surface area contributed by atoms with Gasteiger partial charge in [-0.1, -0.05) is 6.92 Å². The monoisotopic (exact) mass is 226 g/mol. The van der Waals surface area contributed by atoms with Gasteiger partial charge in [0.25, 0.3) is 0 Å². The highest BCUT2D eigenvalue weighted by atomic mass is 19.4. The predicted octanol–water partition coefficient (Wildman–Crippen LogP) is 0.844. The average molecular weight is 226 g/mol. The highest BCUT2D eigenvalue weighted by Gasteiger charge is 2.33. The smallest absolute Gasteiger partial charge is 0.379 e. The van der Waals surface area contributed by atoms with Crippen LogP contribution in [-0.2, 0) is 4.74 Å². The van der Waals surface area contributed by atoms with Crippen molar-refractivity contribution < 1.29 is 17.9 Å². The van der Waals surface area contributed by atoms with Gasteiger partial charge in [-0.2, -0.15) is 13.2 Å². The molecule has 2 N–H and O–H groups in total. The van der Waals surface area contributed by atoms with E-state index < -0.39 is 12.7 Å². The van der Waals surface area contributed by atoms with Crippen LogP contribution in [0.1, 0.15) is 6.92 Å². The van der Waals surface area contributed by atoms with E-state index in [0.29, 0.717) is 26.3 Å². The average Bonchev–Trinajstić information content (AvgIpc) is 2.48. The quantitative estimate of drug-likeness (QED) is 0.772. The summed E-state index contributed by atoms with van der Waals surface area (Å²) in [6, 6.07) is -0.132. The molecular formula is C9H17F3N2O. The van der Waals surface area contributed by atoms with Crippen molar-refractivity contribution in [1.29, 1.82) is 0 Å². The number of rotatable bonds is 4. The number of ether oxygens (including phenoxy) is 1. The molecule has 0 aromatic rings. The third-order valence-corrected chi connectivity index (χ3v) is 2.59. The molecule has 1 heterocycles. The fourth-order valence-corrected chi connectivity index (χ4v) is 1.69. The maximum Gasteiger partial charge on any atom is 0.401 e. The summed E-state index contributed by atoms with van der Waals surface area (Å²) in [7, 11) is 0. The second-order valence-electron chi connectivity index (χ2n) is 3.90. The first-order valence-corrected chi connectivity index (χ1v) is 5.05. The molecular weight excluding hydrogens is 209 g/mol. The van der Waals surface area contributed by atoms with Crippen LogP contribution in [-0.4, -0.2) is 50.0 Å². The van der Waals surface area contributed by atoms with E-state index >= 15 is 0 Å². The lowest BCUT2D eigenvalue weighted by molar-refractivity contribution is -0.146. The molecule has 15 heavy (non-hydrogen) atoms. The molecule has 0 radical (unpaired) electrons. The van der Waals surface area contributed by atoms with E-state index in [1.165, 1.54) is 4.90 Å². The van der Waals surface area contributed by atoms with Gasteiger partial charge in [-0.15, -0.1) is 0 Å². The molecule has 1 saturated heterocycles. The van der Waals surface area contributed by atoms with E-state index in [1.807, 2.05) is 0 Å². The number of nitrogens with two attached hydrogens (primary N) is 1. The van der Waals surface area contributed by atoms with Gasteiger partial charge in [0.2, 0.25) is 0 Å². The minimum absolute atomic E-state index is 0.0206. The lowest BCUT2D eigenvalue weighted by Gasteiger charge is -2.25. The Balaban J connectivity index is 2.39. The molecule has 0 saturated carbocycles. The van der Waals surface area contributed by atoms with Gasteiger partial charge < -0.3 is 10.5 Å². The zero-order valence-corrected chi connectivity index (χ0v) is 8.76. The van der Waals surface area contributed by atoms with Crippen LogP contribution in [0.15, 0.2) is 0 Å². The second kappa shape index (κ2) is 5.14. The van der Waals surface area contributed by atoms with Crippen molar-refractivity contribution in [3.8, 4) is 0 Å². The van der Waals surface area contributed by atoms with E-state index in [9.17, 15) is 13.2 Å². The Kier molecular flexibility index (Phi) is 4.36. The molecule has 1 aliphatic rings. The zero-order chi connectivity index (χ0) is 11.5. The molecule has 0 amide bonds. The molecule has 0 bridgehead atoms. The minimum Gasteiger partial charge on any atom is -0.379 e. The maximum atomic E-state index is 12.2. The standard InChI is InChI=1S/C9H17F3N2O/c1-2-14(6-9(10,11)12)3-7-4-15-5-8(7)13/h7-8H,2-6,13H2,1H3. The first-order chi connectivity index (χ1) is 6.92. The highest BCUT2D eigenvalue weighted by Crippen LogP contribution is 2.19. The van der Waals surface area contributed by atoms with Crippen LogP contribution in [0.2, 0.25) is 0 Å². The van der Waals surface area contributed by atoms with Crippen molar-refractivity contribution in [2.75, 3.05) is 32.8 Å². The zero-order valence-electron chi connectivity index (χ0n) is 8.76. The van der Waals surface area contributed by atoms with Crippen LogP contribution in [0, 0.1) is 5.92 Å². The van der Waals surface area contributed by atoms with Gasteiger partial charge in [0.15, 0.2) is 0 Å². The first-order valence-electron chi connectivity index (χ1n) is 5.05. The third kappa shape index (κ3) is 4.36. The summed E-state index contributed by atoms with van der Waals surface area (Å²) in [4.78, 5) is 1.36. The normalized spacial score (nSPS) is 27.6. The van der Waals surface area contributed by atoms with Crippen molar-refractivity contribution in [1.82, 2.24) is 4.90 Å². The van der Waals surface area contributed by atoms with Crippen molar-refractivity contribution in [2.45, 2.75) is 19.1 Å². The predicted molar refractivity (Wildman–Crippen MR) is 50.5 cm³/mol. The molecule has 3 nitrogen and oxygen atoms in total. The van der Waals surface area contributed by atoms with Gasteiger partial charge in [0, 0.05) is 18.5 Å². The lowest BCUT2D eigenvalue weighted by Crippen LogP contribution is -2.42. The Morgan fingerprint density at radius 3 is 2.47 bits per heavy atom. The van der Waals surface area contributed by atoms with Gasteiger partial charge in [-0.25, -0.2) is 0 Å². The topological polar surface area (TPSA) is 38.5 Å². The molecule has 1 aliphatic heterocycles. The van der Waals surface area contributed by atoms with Crippen LogP contribution < -0.4 is 5.73 Å². The number of nitrogens with zero attached hydrogens (tertiary/aromatic N) is 1. The van der Waals surface area contributed by atoms with Crippen LogP contribution >= 0.6 is 0 Å². The molecule has 0 aromatic heterocycles. The maximum absolute atomic E-state index is 12.2. The number of halogens is 3. The summed E-state index contributed by atoms with van der Waals surface area (Å²) in [6.45, 7) is 2.50. The molecule has 2 unspecified atom stereocenters. The SMILES string of the molecule is CCN(CC1COCC1N)CC(F)(F)F. The minimum atomic E-state index is -4.14. The number of hydrogen-bond donors (Lipinski definition) is 1. The fourth-order valence-electron chi connectivity index (χ4n) is 1.69. The number of alkyl halides is 3. The number of hydrogen-bond acceptors (Lipinski definition) is 3. The first kappa shape index (κ1) is 12.7. The van der Waals surface area contributed by atoms with Gasteiger partial charge in [-0.05, 0) is 6.54 Å². The van der Waals surface area contributed by atoms with Crippen LogP contribution in [0.3, 0.4) is 0 Å². The summed E-state index contributed by atoms with van der Waals surface area (Å²) in [5.41, 5.74) is 5.71. The fraction of sp³-hybridized carbons (Fsp3) is 1.00. The van der Waals surface area contributed by atoms with Gasteiger partial charge in [0.05, 0.1) is 19.8 Å². The van der Waals surface area contributed by atoms with Crippen LogP contribution in [0.5, 0.6) is 0 Å². The van der Waals surface area contributed by atoms with Crippen LogP contribution in [0.4, 0.5) is 13.2 Å². The molecule has 0 spiro atoms. The van der Waals surface area contributed by atoms with Crippen molar-refractivity contribution in [3.63, 3.8) is 0 Å². The Labute approximate surface area is 87.4 Å². The van der Waals surface area contributed by atoms with Gasteiger partial charge in [-0.3, -0.25) is 4.90 Å². The van der Waals surface area contributed by atoms with E-state index in [0.717, 1.165) is 0 Å². The Bertz CT molecular complexity index is 198. The summed E-state index contributed by atoms with van der Waals surface area (Å²) in [6.07, 6.45) is -4.14. The molecule has 0 aliphatic carbocycles. The lowest BCUT2D eigenvalue weighted by atomic mass is 10.0. The molecule has 1 rings (SSSR count). The Morgan fingerprint density at radius 2 is 2.07 bits per heavy atom. The van der Waals surface area contributed by atoms with E-state index in [4.69, 9.17) is 10.5 Å². The van der Waals surface area contributed by atoms with Crippen LogP contribution in [0.25, 0.3) is 0 Å². The Hall–Kier alpha value is -0.330. The van der Waals surface area contributed by atoms with E-state index in [1.54, 1.807) is 6.92 Å².